The summed E-state index contributed by atoms with van der Waals surface area (Å²) in [4.78, 5) is 24.1. The molecule has 0 unspecified atom stereocenters. The van der Waals surface area contributed by atoms with E-state index in [-0.39, 0.29) is 18.7 Å². The Hall–Kier alpha value is -3.25. The summed E-state index contributed by atoms with van der Waals surface area (Å²) in [6, 6.07) is 17.4. The lowest BCUT2D eigenvalue weighted by Crippen LogP contribution is -2.23. The van der Waals surface area contributed by atoms with E-state index in [9.17, 15) is 14.7 Å². The third-order valence-corrected chi connectivity index (χ3v) is 4.04. The van der Waals surface area contributed by atoms with E-state index in [4.69, 9.17) is 4.74 Å². The summed E-state index contributed by atoms with van der Waals surface area (Å²) in [5, 5.41) is 13.7. The van der Waals surface area contributed by atoms with Crippen LogP contribution >= 0.6 is 0 Å². The third-order valence-electron chi connectivity index (χ3n) is 4.04. The molecule has 1 aromatic heterocycles. The highest BCUT2D eigenvalue weighted by atomic mass is 16.5. The third kappa shape index (κ3) is 4.48. The molecule has 0 atom stereocenters. The first-order valence-electron chi connectivity index (χ1n) is 8.65. The molecule has 0 bridgehead atoms. The highest BCUT2D eigenvalue weighted by Crippen LogP contribution is 2.17. The lowest BCUT2D eigenvalue weighted by Gasteiger charge is -2.09. The number of aliphatic hydroxyl groups excluding tert-OH is 1. The molecule has 0 saturated heterocycles. The largest absolute Gasteiger partial charge is 0.462 e. The van der Waals surface area contributed by atoms with Gasteiger partial charge < -0.3 is 9.84 Å². The van der Waals surface area contributed by atoms with Crippen molar-refractivity contribution in [1.29, 1.82) is 0 Å². The normalized spacial score (nSPS) is 10.6. The van der Waals surface area contributed by atoms with Gasteiger partial charge in [0, 0.05) is 11.6 Å². The van der Waals surface area contributed by atoms with Gasteiger partial charge in [-0.25, -0.2) is 9.48 Å². The molecule has 3 aromatic rings. The number of carbonyl (C=O) groups is 1. The fraction of sp³-hybridized carbons (Fsp3) is 0.190. The summed E-state index contributed by atoms with van der Waals surface area (Å²) >= 11 is 0. The number of aliphatic hydroxyl groups is 1. The minimum atomic E-state index is -0.394. The van der Waals surface area contributed by atoms with Crippen molar-refractivity contribution in [3.8, 4) is 11.3 Å². The summed E-state index contributed by atoms with van der Waals surface area (Å²) in [5.41, 5.74) is 3.19. The molecule has 3 rings (SSSR count). The van der Waals surface area contributed by atoms with Crippen LogP contribution in [0.2, 0.25) is 0 Å². The van der Waals surface area contributed by atoms with Crippen LogP contribution in [0.1, 0.15) is 28.4 Å². The number of nitrogens with zero attached hydrogens (tertiary/aromatic N) is 2. The fourth-order valence-electron chi connectivity index (χ4n) is 2.73. The fourth-order valence-corrected chi connectivity index (χ4v) is 2.73. The second-order valence-electron chi connectivity index (χ2n) is 5.99. The Morgan fingerprint density at radius 1 is 1.07 bits per heavy atom. The van der Waals surface area contributed by atoms with E-state index in [1.54, 1.807) is 31.2 Å². The summed E-state index contributed by atoms with van der Waals surface area (Å²) in [6.45, 7) is 2.23. The van der Waals surface area contributed by atoms with Gasteiger partial charge in [0.15, 0.2) is 0 Å². The van der Waals surface area contributed by atoms with Crippen molar-refractivity contribution in [2.45, 2.75) is 20.1 Å². The van der Waals surface area contributed by atoms with Crippen LogP contribution in [-0.2, 0) is 17.9 Å². The van der Waals surface area contributed by atoms with Gasteiger partial charge in [0.2, 0.25) is 0 Å². The number of hydrogen-bond acceptors (Lipinski definition) is 5. The Balaban J connectivity index is 1.90. The minimum Gasteiger partial charge on any atom is -0.462 e. The van der Waals surface area contributed by atoms with E-state index < -0.39 is 5.97 Å². The first kappa shape index (κ1) is 18.5. The molecule has 0 aliphatic carbocycles. The molecular formula is C21H20N2O4. The first-order valence-corrected chi connectivity index (χ1v) is 8.65. The zero-order valence-electron chi connectivity index (χ0n) is 15.0. The number of carbonyl (C=O) groups excluding carboxylic acids is 1. The number of rotatable bonds is 6. The first-order chi connectivity index (χ1) is 13.1. The van der Waals surface area contributed by atoms with Crippen molar-refractivity contribution in [2.75, 3.05) is 6.61 Å². The molecule has 0 spiro atoms. The van der Waals surface area contributed by atoms with Crippen molar-refractivity contribution in [3.63, 3.8) is 0 Å². The van der Waals surface area contributed by atoms with Crippen LogP contribution in [0.15, 0.2) is 65.5 Å². The van der Waals surface area contributed by atoms with Crippen molar-refractivity contribution in [3.05, 3.63) is 87.7 Å². The van der Waals surface area contributed by atoms with E-state index in [0.29, 0.717) is 17.9 Å². The molecule has 2 aromatic carbocycles. The lowest BCUT2D eigenvalue weighted by atomic mass is 10.1. The molecule has 6 heteroatoms. The van der Waals surface area contributed by atoms with Gasteiger partial charge in [-0.05, 0) is 42.3 Å². The predicted molar refractivity (Wildman–Crippen MR) is 101 cm³/mol. The Kier molecular flexibility index (Phi) is 5.78. The van der Waals surface area contributed by atoms with Crippen molar-refractivity contribution in [1.82, 2.24) is 9.78 Å². The van der Waals surface area contributed by atoms with Gasteiger partial charge in [0.1, 0.15) is 0 Å². The smallest absolute Gasteiger partial charge is 0.338 e. The Bertz CT molecular complexity index is 1010. The Morgan fingerprint density at radius 2 is 1.85 bits per heavy atom. The summed E-state index contributed by atoms with van der Waals surface area (Å²) in [6.07, 6.45) is 0. The zero-order valence-corrected chi connectivity index (χ0v) is 15.0. The van der Waals surface area contributed by atoms with E-state index in [0.717, 1.165) is 16.7 Å². The molecule has 0 radical (unpaired) electrons. The average Bonchev–Trinajstić information content (AvgIpc) is 2.70. The predicted octanol–water partition coefficient (Wildman–Crippen LogP) is 2.63. The standard InChI is InChI=1S/C21H20N2O4/c1-2-27-21(26)18-8-3-5-15(11-18)13-23-20(25)10-9-19(22-23)17-7-4-6-16(12-17)14-24/h3-12,24H,2,13-14H2,1H3. The topological polar surface area (TPSA) is 81.4 Å². The van der Waals surface area contributed by atoms with Crippen LogP contribution in [-0.4, -0.2) is 27.5 Å². The molecule has 1 heterocycles. The van der Waals surface area contributed by atoms with Crippen LogP contribution in [0, 0.1) is 0 Å². The lowest BCUT2D eigenvalue weighted by molar-refractivity contribution is 0.0526. The molecule has 138 valence electrons. The maximum atomic E-state index is 12.2. The number of benzene rings is 2. The number of esters is 1. The average molecular weight is 364 g/mol. The van der Waals surface area contributed by atoms with Crippen LogP contribution in [0.5, 0.6) is 0 Å². The molecule has 0 saturated carbocycles. The van der Waals surface area contributed by atoms with Crippen LogP contribution < -0.4 is 5.56 Å². The zero-order chi connectivity index (χ0) is 19.2. The van der Waals surface area contributed by atoms with E-state index in [2.05, 4.69) is 5.10 Å². The van der Waals surface area contributed by atoms with Crippen molar-refractivity contribution >= 4 is 5.97 Å². The van der Waals surface area contributed by atoms with Gasteiger partial charge in [0.05, 0.1) is 31.0 Å². The highest BCUT2D eigenvalue weighted by molar-refractivity contribution is 5.89. The van der Waals surface area contributed by atoms with E-state index in [1.807, 2.05) is 30.3 Å². The van der Waals surface area contributed by atoms with Gasteiger partial charge in [-0.15, -0.1) is 0 Å². The number of ether oxygens (including phenoxy) is 1. The van der Waals surface area contributed by atoms with E-state index >= 15 is 0 Å². The summed E-state index contributed by atoms with van der Waals surface area (Å²) < 4.78 is 6.36. The summed E-state index contributed by atoms with van der Waals surface area (Å²) in [7, 11) is 0. The van der Waals surface area contributed by atoms with Crippen LogP contribution in [0.25, 0.3) is 11.3 Å². The number of hydrogen-bond donors (Lipinski definition) is 1. The maximum absolute atomic E-state index is 12.2. The van der Waals surface area contributed by atoms with Gasteiger partial charge in [-0.2, -0.15) is 5.10 Å². The molecule has 0 aliphatic heterocycles. The Morgan fingerprint density at radius 3 is 2.63 bits per heavy atom. The van der Waals surface area contributed by atoms with Crippen molar-refractivity contribution < 1.29 is 14.6 Å². The molecule has 0 aliphatic rings. The molecule has 0 fully saturated rings. The summed E-state index contributed by atoms with van der Waals surface area (Å²) in [5.74, 6) is -0.394. The number of aromatic nitrogens is 2. The SMILES string of the molecule is CCOC(=O)c1cccc(Cn2nc(-c3cccc(CO)c3)ccc2=O)c1. The second-order valence-corrected chi connectivity index (χ2v) is 5.99. The van der Waals surface area contributed by atoms with Crippen molar-refractivity contribution in [2.24, 2.45) is 0 Å². The molecule has 1 N–H and O–H groups in total. The second kappa shape index (κ2) is 8.42. The van der Waals surface area contributed by atoms with Gasteiger partial charge in [-0.1, -0.05) is 30.3 Å². The Labute approximate surface area is 156 Å². The van der Waals surface area contributed by atoms with Gasteiger partial charge >= 0.3 is 5.97 Å². The maximum Gasteiger partial charge on any atom is 0.338 e. The molecular weight excluding hydrogens is 344 g/mol. The highest BCUT2D eigenvalue weighted by Gasteiger charge is 2.09. The van der Waals surface area contributed by atoms with E-state index in [1.165, 1.54) is 10.7 Å². The van der Waals surface area contributed by atoms with Crippen LogP contribution in [0.4, 0.5) is 0 Å². The quantitative estimate of drug-likeness (QED) is 0.680. The minimum absolute atomic E-state index is 0.0614. The molecule has 27 heavy (non-hydrogen) atoms. The van der Waals surface area contributed by atoms with Crippen LogP contribution in [0.3, 0.4) is 0 Å². The molecule has 0 amide bonds. The van der Waals surface area contributed by atoms with Gasteiger partial charge in [0.25, 0.3) is 5.56 Å². The van der Waals surface area contributed by atoms with Gasteiger partial charge in [-0.3, -0.25) is 4.79 Å². The molecule has 6 nitrogen and oxygen atoms in total. The monoisotopic (exact) mass is 364 g/mol.